The van der Waals surface area contributed by atoms with Gasteiger partial charge in [-0.2, -0.15) is 5.10 Å². The number of hydrogen-bond donors (Lipinski definition) is 1. The van der Waals surface area contributed by atoms with Crippen molar-refractivity contribution in [3.63, 3.8) is 0 Å². The Labute approximate surface area is 120 Å². The number of nitrogens with zero attached hydrogens (tertiary/aromatic N) is 2. The Morgan fingerprint density at radius 2 is 2.17 bits per heavy atom. The lowest BCUT2D eigenvalue weighted by molar-refractivity contribution is 0.527. The zero-order valence-corrected chi connectivity index (χ0v) is 12.7. The van der Waals surface area contributed by atoms with Gasteiger partial charge in [-0.15, -0.1) is 0 Å². The fourth-order valence-electron chi connectivity index (χ4n) is 1.58. The Morgan fingerprint density at radius 1 is 1.39 bits per heavy atom. The molecule has 0 saturated carbocycles. The molecule has 2 aromatic rings. The summed E-state index contributed by atoms with van der Waals surface area (Å²) < 4.78 is 2.95. The molecule has 5 heteroatoms. The number of benzene rings is 1. The van der Waals surface area contributed by atoms with Crippen molar-refractivity contribution in [1.82, 2.24) is 9.78 Å². The van der Waals surface area contributed by atoms with Crippen molar-refractivity contribution in [2.45, 2.75) is 26.4 Å². The first-order valence-corrected chi connectivity index (χ1v) is 6.96. The molecule has 0 aliphatic rings. The molecule has 0 fully saturated rings. The van der Waals surface area contributed by atoms with E-state index >= 15 is 0 Å². The average Bonchev–Trinajstić information content (AvgIpc) is 2.79. The molecule has 3 nitrogen and oxygen atoms in total. The Kier molecular flexibility index (Phi) is 4.30. The first kappa shape index (κ1) is 13.4. The third-order valence-corrected chi connectivity index (χ3v) is 3.40. The van der Waals surface area contributed by atoms with Gasteiger partial charge in [-0.3, -0.25) is 4.68 Å². The maximum absolute atomic E-state index is 6.11. The van der Waals surface area contributed by atoms with Crippen LogP contribution in [0, 0.1) is 0 Å². The van der Waals surface area contributed by atoms with Gasteiger partial charge in [0.15, 0.2) is 0 Å². The first-order valence-electron chi connectivity index (χ1n) is 5.79. The van der Waals surface area contributed by atoms with E-state index in [-0.39, 0.29) is 0 Å². The molecule has 0 aliphatic carbocycles. The smallest absolute Gasteiger partial charge is 0.0815 e. The molecule has 0 saturated heterocycles. The van der Waals surface area contributed by atoms with Gasteiger partial charge in [0.1, 0.15) is 0 Å². The van der Waals surface area contributed by atoms with Crippen LogP contribution in [-0.4, -0.2) is 9.78 Å². The molecule has 1 aromatic heterocycles. The second-order valence-corrected chi connectivity index (χ2v) is 5.68. The lowest BCUT2D eigenvalue weighted by Crippen LogP contribution is -2.05. The minimum Gasteiger partial charge on any atom is -0.378 e. The summed E-state index contributed by atoms with van der Waals surface area (Å²) in [6.07, 6.45) is 1.99. The van der Waals surface area contributed by atoms with E-state index in [1.165, 1.54) is 0 Å². The van der Waals surface area contributed by atoms with Crippen LogP contribution in [-0.2, 0) is 6.54 Å². The van der Waals surface area contributed by atoms with Crippen molar-refractivity contribution >= 4 is 33.2 Å². The molecule has 0 spiro atoms. The van der Waals surface area contributed by atoms with Crippen molar-refractivity contribution in [2.75, 3.05) is 5.32 Å². The summed E-state index contributed by atoms with van der Waals surface area (Å²) >= 11 is 9.54. The molecule has 18 heavy (non-hydrogen) atoms. The number of hydrogen-bond acceptors (Lipinski definition) is 2. The van der Waals surface area contributed by atoms with Gasteiger partial charge in [-0.05, 0) is 38.1 Å². The van der Waals surface area contributed by atoms with E-state index in [4.69, 9.17) is 11.6 Å². The molecule has 0 radical (unpaired) electrons. The molecule has 0 amide bonds. The number of nitrogens with one attached hydrogen (secondary N) is 1. The predicted octanol–water partition coefficient (Wildman–Crippen LogP) is 4.49. The lowest BCUT2D eigenvalue weighted by atomic mass is 10.3. The van der Waals surface area contributed by atoms with Gasteiger partial charge in [-0.1, -0.05) is 27.5 Å². The highest BCUT2D eigenvalue weighted by Gasteiger charge is 2.04. The molecule has 0 unspecified atom stereocenters. The van der Waals surface area contributed by atoms with E-state index < -0.39 is 0 Å². The summed E-state index contributed by atoms with van der Waals surface area (Å²) in [5.41, 5.74) is 1.91. The molecule has 0 aliphatic heterocycles. The zero-order valence-electron chi connectivity index (χ0n) is 10.3. The SMILES string of the molecule is CC(C)n1ccc(CNc2cc(Br)ccc2Cl)n1. The highest BCUT2D eigenvalue weighted by atomic mass is 79.9. The van der Waals surface area contributed by atoms with Gasteiger partial charge < -0.3 is 5.32 Å². The maximum atomic E-state index is 6.11. The molecule has 1 heterocycles. The third-order valence-electron chi connectivity index (χ3n) is 2.58. The topological polar surface area (TPSA) is 29.9 Å². The number of halogens is 2. The van der Waals surface area contributed by atoms with Crippen LogP contribution in [0.25, 0.3) is 0 Å². The molecule has 0 atom stereocenters. The first-order chi connectivity index (χ1) is 8.56. The van der Waals surface area contributed by atoms with E-state index in [1.807, 2.05) is 35.1 Å². The minimum absolute atomic E-state index is 0.383. The van der Waals surface area contributed by atoms with Crippen molar-refractivity contribution in [3.8, 4) is 0 Å². The van der Waals surface area contributed by atoms with Crippen LogP contribution in [0.2, 0.25) is 5.02 Å². The second-order valence-electron chi connectivity index (χ2n) is 4.36. The van der Waals surface area contributed by atoms with Crippen LogP contribution in [0.15, 0.2) is 34.9 Å². The van der Waals surface area contributed by atoms with Gasteiger partial charge in [0.25, 0.3) is 0 Å². The molecular weight excluding hydrogens is 314 g/mol. The maximum Gasteiger partial charge on any atom is 0.0815 e. The van der Waals surface area contributed by atoms with Crippen molar-refractivity contribution in [3.05, 3.63) is 45.7 Å². The van der Waals surface area contributed by atoms with E-state index in [0.29, 0.717) is 17.6 Å². The summed E-state index contributed by atoms with van der Waals surface area (Å²) in [5.74, 6) is 0. The summed E-state index contributed by atoms with van der Waals surface area (Å²) in [6.45, 7) is 4.88. The normalized spacial score (nSPS) is 10.9. The van der Waals surface area contributed by atoms with Crippen molar-refractivity contribution in [1.29, 1.82) is 0 Å². The lowest BCUT2D eigenvalue weighted by Gasteiger charge is -2.08. The Hall–Kier alpha value is -1.00. The van der Waals surface area contributed by atoms with E-state index in [9.17, 15) is 0 Å². The van der Waals surface area contributed by atoms with Gasteiger partial charge in [0.2, 0.25) is 0 Å². The third kappa shape index (κ3) is 3.27. The van der Waals surface area contributed by atoms with Gasteiger partial charge in [0.05, 0.1) is 22.9 Å². The predicted molar refractivity (Wildman–Crippen MR) is 79.1 cm³/mol. The quantitative estimate of drug-likeness (QED) is 0.896. The fourth-order valence-corrected chi connectivity index (χ4v) is 2.12. The highest BCUT2D eigenvalue weighted by molar-refractivity contribution is 9.10. The number of anilines is 1. The number of aromatic nitrogens is 2. The molecule has 96 valence electrons. The van der Waals surface area contributed by atoms with E-state index in [1.54, 1.807) is 0 Å². The Bertz CT molecular complexity index is 537. The molecule has 1 aromatic carbocycles. The van der Waals surface area contributed by atoms with E-state index in [0.717, 1.165) is 15.9 Å². The number of rotatable bonds is 4. The molecule has 0 bridgehead atoms. The summed E-state index contributed by atoms with van der Waals surface area (Å²) in [6, 6.07) is 8.13. The monoisotopic (exact) mass is 327 g/mol. The molecule has 1 N–H and O–H groups in total. The second kappa shape index (κ2) is 5.76. The fraction of sp³-hybridized carbons (Fsp3) is 0.308. The Morgan fingerprint density at radius 3 is 2.83 bits per heavy atom. The van der Waals surface area contributed by atoms with Crippen LogP contribution in [0.5, 0.6) is 0 Å². The summed E-state index contributed by atoms with van der Waals surface area (Å²) in [7, 11) is 0. The van der Waals surface area contributed by atoms with Crippen molar-refractivity contribution < 1.29 is 0 Å². The minimum atomic E-state index is 0.383. The van der Waals surface area contributed by atoms with Crippen LogP contribution >= 0.6 is 27.5 Å². The van der Waals surface area contributed by atoms with Gasteiger partial charge in [-0.25, -0.2) is 0 Å². The summed E-state index contributed by atoms with van der Waals surface area (Å²) in [5, 5.41) is 8.47. The van der Waals surface area contributed by atoms with Crippen LogP contribution < -0.4 is 5.32 Å². The highest BCUT2D eigenvalue weighted by Crippen LogP contribution is 2.26. The van der Waals surface area contributed by atoms with Crippen molar-refractivity contribution in [2.24, 2.45) is 0 Å². The largest absolute Gasteiger partial charge is 0.378 e. The van der Waals surface area contributed by atoms with Crippen LogP contribution in [0.4, 0.5) is 5.69 Å². The molecular formula is C13H15BrClN3. The van der Waals surface area contributed by atoms with Gasteiger partial charge in [0, 0.05) is 16.7 Å². The summed E-state index contributed by atoms with van der Waals surface area (Å²) in [4.78, 5) is 0. The van der Waals surface area contributed by atoms with Crippen LogP contribution in [0.1, 0.15) is 25.6 Å². The Balaban J connectivity index is 2.04. The zero-order chi connectivity index (χ0) is 13.1. The standard InChI is InChI=1S/C13H15BrClN3/c1-9(2)18-6-5-11(17-18)8-16-13-7-10(14)3-4-12(13)15/h3-7,9,16H,8H2,1-2H3. The van der Waals surface area contributed by atoms with Gasteiger partial charge >= 0.3 is 0 Å². The van der Waals surface area contributed by atoms with E-state index in [2.05, 4.69) is 40.2 Å². The molecule has 2 rings (SSSR count). The average molecular weight is 329 g/mol. The van der Waals surface area contributed by atoms with Crippen LogP contribution in [0.3, 0.4) is 0 Å².